The van der Waals surface area contributed by atoms with Crippen LogP contribution in [0.3, 0.4) is 0 Å². The molecule has 98 valence electrons. The van der Waals surface area contributed by atoms with Crippen LogP contribution in [0.2, 0.25) is 0 Å². The van der Waals surface area contributed by atoms with E-state index in [0.717, 1.165) is 19.6 Å². The van der Waals surface area contributed by atoms with Gasteiger partial charge in [-0.1, -0.05) is 13.3 Å². The molecule has 2 aliphatic rings. The number of rotatable bonds is 3. The number of carbonyl (C=O) groups is 1. The first kappa shape index (κ1) is 12.8. The van der Waals surface area contributed by atoms with Gasteiger partial charge in [-0.2, -0.15) is 0 Å². The van der Waals surface area contributed by atoms with E-state index >= 15 is 0 Å². The molecule has 4 nitrogen and oxygen atoms in total. The summed E-state index contributed by atoms with van der Waals surface area (Å²) in [7, 11) is 1.50. The van der Waals surface area contributed by atoms with Crippen molar-refractivity contribution in [2.24, 2.45) is 23.0 Å². The molecule has 0 aromatic carbocycles. The van der Waals surface area contributed by atoms with Crippen LogP contribution in [0.4, 0.5) is 0 Å². The third-order valence-electron chi connectivity index (χ3n) is 4.86. The first-order valence-corrected chi connectivity index (χ1v) is 6.64. The maximum atomic E-state index is 12.0. The second-order valence-corrected chi connectivity index (χ2v) is 5.61. The summed E-state index contributed by atoms with van der Waals surface area (Å²) in [6, 6.07) is 0. The van der Waals surface area contributed by atoms with Crippen molar-refractivity contribution in [2.75, 3.05) is 33.3 Å². The Morgan fingerprint density at radius 2 is 2.18 bits per heavy atom. The highest BCUT2D eigenvalue weighted by Crippen LogP contribution is 2.55. The van der Waals surface area contributed by atoms with Gasteiger partial charge in [-0.05, 0) is 24.2 Å². The van der Waals surface area contributed by atoms with Gasteiger partial charge in [0, 0.05) is 26.2 Å². The van der Waals surface area contributed by atoms with Gasteiger partial charge >= 0.3 is 5.97 Å². The van der Waals surface area contributed by atoms with Gasteiger partial charge in [0.1, 0.15) is 0 Å². The van der Waals surface area contributed by atoms with E-state index in [1.54, 1.807) is 0 Å². The molecule has 0 aromatic heterocycles. The summed E-state index contributed by atoms with van der Waals surface area (Å²) >= 11 is 0. The van der Waals surface area contributed by atoms with E-state index in [2.05, 4.69) is 11.8 Å². The van der Waals surface area contributed by atoms with Crippen LogP contribution in [-0.2, 0) is 9.53 Å². The first-order valence-electron chi connectivity index (χ1n) is 6.64. The zero-order chi connectivity index (χ0) is 12.5. The van der Waals surface area contributed by atoms with Crippen molar-refractivity contribution in [3.8, 4) is 0 Å². The molecular weight excluding hydrogens is 216 g/mol. The molecule has 2 rings (SSSR count). The number of hydrogen-bond acceptors (Lipinski definition) is 4. The van der Waals surface area contributed by atoms with Crippen LogP contribution in [0.15, 0.2) is 0 Å². The normalized spacial score (nSPS) is 32.2. The molecule has 1 aliphatic carbocycles. The number of piperidine rings is 1. The van der Waals surface area contributed by atoms with Gasteiger partial charge in [-0.15, -0.1) is 0 Å². The van der Waals surface area contributed by atoms with E-state index in [0.29, 0.717) is 12.5 Å². The summed E-state index contributed by atoms with van der Waals surface area (Å²) in [4.78, 5) is 14.3. The van der Waals surface area contributed by atoms with Crippen molar-refractivity contribution in [2.45, 2.75) is 26.2 Å². The van der Waals surface area contributed by atoms with E-state index in [1.165, 1.54) is 26.4 Å². The average molecular weight is 240 g/mol. The lowest BCUT2D eigenvalue weighted by Crippen LogP contribution is -2.58. The molecule has 2 atom stereocenters. The third kappa shape index (κ3) is 2.08. The fourth-order valence-corrected chi connectivity index (χ4v) is 3.67. The Morgan fingerprint density at radius 1 is 1.47 bits per heavy atom. The van der Waals surface area contributed by atoms with E-state index in [-0.39, 0.29) is 17.3 Å². The standard InChI is InChI=1S/C13H24N2O2/c1-10-8-15(7-6-14)9-11(12(16)17-2)13(10)4-3-5-13/h10-11H,3-9,14H2,1-2H3. The Balaban J connectivity index is 2.14. The van der Waals surface area contributed by atoms with Crippen molar-refractivity contribution in [1.29, 1.82) is 0 Å². The van der Waals surface area contributed by atoms with Gasteiger partial charge < -0.3 is 15.4 Å². The van der Waals surface area contributed by atoms with Gasteiger partial charge in [-0.25, -0.2) is 0 Å². The molecule has 4 heteroatoms. The largest absolute Gasteiger partial charge is 0.469 e. The van der Waals surface area contributed by atoms with Gasteiger partial charge in [0.15, 0.2) is 0 Å². The van der Waals surface area contributed by atoms with Crippen molar-refractivity contribution in [1.82, 2.24) is 4.90 Å². The maximum absolute atomic E-state index is 12.0. The van der Waals surface area contributed by atoms with Crippen molar-refractivity contribution in [3.05, 3.63) is 0 Å². The lowest BCUT2D eigenvalue weighted by Gasteiger charge is -2.56. The Hall–Kier alpha value is -0.610. The number of likely N-dealkylation sites (tertiary alicyclic amines) is 1. The lowest BCUT2D eigenvalue weighted by atomic mass is 9.53. The summed E-state index contributed by atoms with van der Waals surface area (Å²) in [5.41, 5.74) is 5.84. The van der Waals surface area contributed by atoms with Gasteiger partial charge in [0.2, 0.25) is 0 Å². The predicted octanol–water partition coefficient (Wildman–Crippen LogP) is 0.856. The monoisotopic (exact) mass is 240 g/mol. The topological polar surface area (TPSA) is 55.6 Å². The Labute approximate surface area is 103 Å². The summed E-state index contributed by atoms with van der Waals surface area (Å²) in [5.74, 6) is 0.593. The molecule has 2 unspecified atom stereocenters. The Morgan fingerprint density at radius 3 is 2.65 bits per heavy atom. The molecule has 2 fully saturated rings. The third-order valence-corrected chi connectivity index (χ3v) is 4.86. The average Bonchev–Trinajstić information content (AvgIpc) is 2.25. The molecule has 1 heterocycles. The highest BCUT2D eigenvalue weighted by molar-refractivity contribution is 5.74. The van der Waals surface area contributed by atoms with Gasteiger partial charge in [0.25, 0.3) is 0 Å². The molecule has 17 heavy (non-hydrogen) atoms. The number of nitrogens with two attached hydrogens (primary N) is 1. The second kappa shape index (κ2) is 4.94. The van der Waals surface area contributed by atoms with E-state index in [9.17, 15) is 4.79 Å². The number of ether oxygens (including phenoxy) is 1. The smallest absolute Gasteiger partial charge is 0.310 e. The quantitative estimate of drug-likeness (QED) is 0.743. The minimum absolute atomic E-state index is 0.0294. The second-order valence-electron chi connectivity index (χ2n) is 5.61. The molecule has 0 aromatic rings. The van der Waals surface area contributed by atoms with E-state index in [1.807, 2.05) is 0 Å². The molecule has 2 N–H and O–H groups in total. The zero-order valence-electron chi connectivity index (χ0n) is 10.9. The molecule has 1 saturated carbocycles. The number of esters is 1. The molecular formula is C13H24N2O2. The highest BCUT2D eigenvalue weighted by atomic mass is 16.5. The van der Waals surface area contributed by atoms with Crippen molar-refractivity contribution < 1.29 is 9.53 Å². The van der Waals surface area contributed by atoms with Crippen molar-refractivity contribution >= 4 is 5.97 Å². The van der Waals surface area contributed by atoms with Crippen molar-refractivity contribution in [3.63, 3.8) is 0 Å². The van der Waals surface area contributed by atoms with Crippen LogP contribution in [0.1, 0.15) is 26.2 Å². The van der Waals surface area contributed by atoms with E-state index in [4.69, 9.17) is 10.5 Å². The number of methoxy groups -OCH3 is 1. The first-order chi connectivity index (χ1) is 8.14. The fourth-order valence-electron chi connectivity index (χ4n) is 3.67. The predicted molar refractivity (Wildman–Crippen MR) is 66.4 cm³/mol. The van der Waals surface area contributed by atoms with Crippen LogP contribution in [0, 0.1) is 17.3 Å². The highest BCUT2D eigenvalue weighted by Gasteiger charge is 2.54. The number of nitrogens with zero attached hydrogens (tertiary/aromatic N) is 1. The molecule has 1 saturated heterocycles. The van der Waals surface area contributed by atoms with Gasteiger partial charge in [0.05, 0.1) is 13.0 Å². The number of carbonyl (C=O) groups excluding carboxylic acids is 1. The number of hydrogen-bond donors (Lipinski definition) is 1. The molecule has 0 bridgehead atoms. The molecule has 1 spiro atoms. The lowest BCUT2D eigenvalue weighted by molar-refractivity contribution is -0.165. The van der Waals surface area contributed by atoms with Crippen LogP contribution in [0.25, 0.3) is 0 Å². The SMILES string of the molecule is COC(=O)C1CN(CCN)CC(C)C12CCC2. The minimum atomic E-state index is -0.0294. The Bertz CT molecular complexity index is 289. The summed E-state index contributed by atoms with van der Waals surface area (Å²) < 4.78 is 5.00. The summed E-state index contributed by atoms with van der Waals surface area (Å²) in [6.45, 7) is 5.72. The van der Waals surface area contributed by atoms with Crippen LogP contribution in [0.5, 0.6) is 0 Å². The van der Waals surface area contributed by atoms with Crippen LogP contribution < -0.4 is 5.73 Å². The fraction of sp³-hybridized carbons (Fsp3) is 0.923. The molecule has 1 aliphatic heterocycles. The van der Waals surface area contributed by atoms with Crippen LogP contribution in [-0.4, -0.2) is 44.2 Å². The molecule has 0 radical (unpaired) electrons. The maximum Gasteiger partial charge on any atom is 0.310 e. The summed E-state index contributed by atoms with van der Waals surface area (Å²) in [6.07, 6.45) is 3.63. The minimum Gasteiger partial charge on any atom is -0.469 e. The van der Waals surface area contributed by atoms with Crippen LogP contribution >= 0.6 is 0 Å². The van der Waals surface area contributed by atoms with Gasteiger partial charge in [-0.3, -0.25) is 4.79 Å². The molecule has 0 amide bonds. The Kier molecular flexibility index (Phi) is 3.73. The zero-order valence-corrected chi connectivity index (χ0v) is 10.9. The van der Waals surface area contributed by atoms with E-state index < -0.39 is 0 Å². The summed E-state index contributed by atoms with van der Waals surface area (Å²) in [5, 5.41) is 0.